The van der Waals surface area contributed by atoms with E-state index in [2.05, 4.69) is 4.74 Å². The summed E-state index contributed by atoms with van der Waals surface area (Å²) >= 11 is 0. The first kappa shape index (κ1) is 15.6. The van der Waals surface area contributed by atoms with Gasteiger partial charge in [-0.2, -0.15) is 0 Å². The van der Waals surface area contributed by atoms with Crippen molar-refractivity contribution < 1.29 is 23.9 Å². The zero-order valence-corrected chi connectivity index (χ0v) is 10.5. The molecule has 0 radical (unpaired) electrons. The Balaban J connectivity index is 4.25. The number of ketones is 1. The normalized spacial score (nSPS) is 9.82. The van der Waals surface area contributed by atoms with Crippen molar-refractivity contribution in [3.63, 3.8) is 0 Å². The highest BCUT2D eigenvalue weighted by atomic mass is 16.5. The van der Waals surface area contributed by atoms with E-state index < -0.39 is 0 Å². The summed E-state index contributed by atoms with van der Waals surface area (Å²) in [6.07, 6.45) is -0.0330. The second kappa shape index (κ2) is 8.69. The highest BCUT2D eigenvalue weighted by molar-refractivity contribution is 5.96. The van der Waals surface area contributed by atoms with E-state index in [1.165, 1.54) is 26.0 Å². The molecular formula is C11H19NO5. The van der Waals surface area contributed by atoms with Crippen molar-refractivity contribution in [2.45, 2.75) is 19.8 Å². The standard InChI is InChI=1S/C11H19NO5/c1-9(13)8-10(14)12(6-7-16-2)5-4-11(15)17-3/h4-8H2,1-3H3. The predicted octanol–water partition coefficient (Wildman–Crippen LogP) is 0.00360. The fraction of sp³-hybridized carbons (Fsp3) is 0.727. The van der Waals surface area contributed by atoms with Gasteiger partial charge in [0.1, 0.15) is 5.78 Å². The summed E-state index contributed by atoms with van der Waals surface area (Å²) in [7, 11) is 2.81. The Labute approximate surface area is 101 Å². The number of nitrogens with zero attached hydrogens (tertiary/aromatic N) is 1. The van der Waals surface area contributed by atoms with Crippen LogP contribution in [0.5, 0.6) is 0 Å². The van der Waals surface area contributed by atoms with E-state index >= 15 is 0 Å². The quantitative estimate of drug-likeness (QED) is 0.444. The lowest BCUT2D eigenvalue weighted by molar-refractivity contribution is -0.142. The third-order valence-electron chi connectivity index (χ3n) is 2.13. The van der Waals surface area contributed by atoms with E-state index in [9.17, 15) is 14.4 Å². The molecule has 0 aliphatic rings. The minimum Gasteiger partial charge on any atom is -0.469 e. The zero-order valence-electron chi connectivity index (χ0n) is 10.5. The molecule has 6 nitrogen and oxygen atoms in total. The molecule has 6 heteroatoms. The molecule has 0 aromatic heterocycles. The molecule has 0 fully saturated rings. The van der Waals surface area contributed by atoms with E-state index in [-0.39, 0.29) is 37.0 Å². The maximum Gasteiger partial charge on any atom is 0.307 e. The van der Waals surface area contributed by atoms with Gasteiger partial charge < -0.3 is 14.4 Å². The minimum atomic E-state index is -0.386. The van der Waals surface area contributed by atoms with Crippen molar-refractivity contribution in [1.29, 1.82) is 0 Å². The fourth-order valence-electron chi connectivity index (χ4n) is 1.22. The number of hydrogen-bond acceptors (Lipinski definition) is 5. The van der Waals surface area contributed by atoms with Crippen LogP contribution < -0.4 is 0 Å². The van der Waals surface area contributed by atoms with Gasteiger partial charge in [0, 0.05) is 20.2 Å². The maximum atomic E-state index is 11.7. The number of methoxy groups -OCH3 is 2. The number of hydrogen-bond donors (Lipinski definition) is 0. The average Bonchev–Trinajstić information content (AvgIpc) is 2.27. The summed E-state index contributed by atoms with van der Waals surface area (Å²) in [4.78, 5) is 34.9. The first-order valence-corrected chi connectivity index (χ1v) is 5.34. The first-order valence-electron chi connectivity index (χ1n) is 5.34. The van der Waals surface area contributed by atoms with Gasteiger partial charge in [0.15, 0.2) is 0 Å². The van der Waals surface area contributed by atoms with E-state index in [1.54, 1.807) is 0 Å². The van der Waals surface area contributed by atoms with Crippen molar-refractivity contribution >= 4 is 17.7 Å². The number of Topliss-reactive ketones (excluding diaryl/α,β-unsaturated/α-hetero) is 1. The van der Waals surface area contributed by atoms with Gasteiger partial charge in [-0.25, -0.2) is 0 Å². The molecule has 0 unspecified atom stereocenters. The van der Waals surface area contributed by atoms with Gasteiger partial charge in [-0.3, -0.25) is 14.4 Å². The second-order valence-corrected chi connectivity index (χ2v) is 3.58. The van der Waals surface area contributed by atoms with E-state index in [0.29, 0.717) is 13.2 Å². The molecular weight excluding hydrogens is 226 g/mol. The van der Waals surface area contributed by atoms with E-state index in [4.69, 9.17) is 4.74 Å². The average molecular weight is 245 g/mol. The molecule has 0 aromatic carbocycles. The molecule has 0 N–H and O–H groups in total. The molecule has 0 spiro atoms. The zero-order chi connectivity index (χ0) is 13.3. The third kappa shape index (κ3) is 7.46. The molecule has 0 aliphatic heterocycles. The smallest absolute Gasteiger partial charge is 0.307 e. The highest BCUT2D eigenvalue weighted by Gasteiger charge is 2.16. The Kier molecular flexibility index (Phi) is 7.96. The molecule has 98 valence electrons. The second-order valence-electron chi connectivity index (χ2n) is 3.58. The van der Waals surface area contributed by atoms with Crippen LogP contribution in [-0.2, 0) is 23.9 Å². The van der Waals surface area contributed by atoms with Crippen LogP contribution in [0.4, 0.5) is 0 Å². The van der Waals surface area contributed by atoms with Gasteiger partial charge in [-0.15, -0.1) is 0 Å². The summed E-state index contributed by atoms with van der Waals surface area (Å²) < 4.78 is 9.36. The number of rotatable bonds is 8. The van der Waals surface area contributed by atoms with Crippen LogP contribution in [0, 0.1) is 0 Å². The Hall–Kier alpha value is -1.43. The summed E-state index contributed by atoms with van der Waals surface area (Å²) in [6, 6.07) is 0. The number of amides is 1. The summed E-state index contributed by atoms with van der Waals surface area (Å²) in [5.74, 6) is -0.878. The van der Waals surface area contributed by atoms with Gasteiger partial charge in [-0.05, 0) is 6.92 Å². The predicted molar refractivity (Wildman–Crippen MR) is 60.4 cm³/mol. The largest absolute Gasteiger partial charge is 0.469 e. The molecule has 0 aliphatic carbocycles. The van der Waals surface area contributed by atoms with Crippen molar-refractivity contribution in [3.05, 3.63) is 0 Å². The van der Waals surface area contributed by atoms with Gasteiger partial charge in [0.05, 0.1) is 26.6 Å². The molecule has 0 atom stereocenters. The molecule has 17 heavy (non-hydrogen) atoms. The summed E-state index contributed by atoms with van der Waals surface area (Å²) in [5.41, 5.74) is 0. The first-order chi connectivity index (χ1) is 8.01. The van der Waals surface area contributed by atoms with Crippen LogP contribution >= 0.6 is 0 Å². The SMILES string of the molecule is COCCN(CCC(=O)OC)C(=O)CC(C)=O. The third-order valence-corrected chi connectivity index (χ3v) is 2.13. The Morgan fingerprint density at radius 2 is 1.76 bits per heavy atom. The number of ether oxygens (including phenoxy) is 2. The van der Waals surface area contributed by atoms with Gasteiger partial charge in [-0.1, -0.05) is 0 Å². The van der Waals surface area contributed by atoms with Crippen molar-refractivity contribution in [2.24, 2.45) is 0 Å². The summed E-state index contributed by atoms with van der Waals surface area (Å²) in [6.45, 7) is 2.32. The highest BCUT2D eigenvalue weighted by Crippen LogP contribution is 1.99. The Morgan fingerprint density at radius 3 is 2.24 bits per heavy atom. The Bertz CT molecular complexity index is 277. The Morgan fingerprint density at radius 1 is 1.12 bits per heavy atom. The summed E-state index contributed by atoms with van der Waals surface area (Å²) in [5, 5.41) is 0. The van der Waals surface area contributed by atoms with Crippen molar-refractivity contribution in [2.75, 3.05) is 33.9 Å². The molecule has 0 saturated carbocycles. The monoisotopic (exact) mass is 245 g/mol. The van der Waals surface area contributed by atoms with Crippen LogP contribution in [0.15, 0.2) is 0 Å². The molecule has 0 aromatic rings. The lowest BCUT2D eigenvalue weighted by atomic mass is 10.2. The maximum absolute atomic E-state index is 11.7. The van der Waals surface area contributed by atoms with E-state index in [1.807, 2.05) is 0 Å². The van der Waals surface area contributed by atoms with E-state index in [0.717, 1.165) is 0 Å². The van der Waals surface area contributed by atoms with Crippen LogP contribution in [0.1, 0.15) is 19.8 Å². The van der Waals surface area contributed by atoms with Gasteiger partial charge >= 0.3 is 5.97 Å². The number of carbonyl (C=O) groups excluding carboxylic acids is 3. The molecule has 1 amide bonds. The van der Waals surface area contributed by atoms with Crippen LogP contribution in [0.25, 0.3) is 0 Å². The van der Waals surface area contributed by atoms with Crippen LogP contribution in [-0.4, -0.2) is 56.5 Å². The van der Waals surface area contributed by atoms with Crippen LogP contribution in [0.2, 0.25) is 0 Å². The van der Waals surface area contributed by atoms with Gasteiger partial charge in [0.2, 0.25) is 5.91 Å². The fourth-order valence-corrected chi connectivity index (χ4v) is 1.22. The molecule has 0 heterocycles. The van der Waals surface area contributed by atoms with Crippen molar-refractivity contribution in [3.8, 4) is 0 Å². The molecule has 0 rings (SSSR count). The number of carbonyl (C=O) groups is 3. The van der Waals surface area contributed by atoms with Crippen LogP contribution in [0.3, 0.4) is 0 Å². The molecule has 0 bridgehead atoms. The lowest BCUT2D eigenvalue weighted by Gasteiger charge is -2.21. The van der Waals surface area contributed by atoms with Crippen molar-refractivity contribution in [1.82, 2.24) is 4.90 Å². The number of esters is 1. The molecule has 0 saturated heterocycles. The lowest BCUT2D eigenvalue weighted by Crippen LogP contribution is -2.36. The minimum absolute atomic E-state index is 0.115. The van der Waals surface area contributed by atoms with Gasteiger partial charge in [0.25, 0.3) is 0 Å². The topological polar surface area (TPSA) is 72.9 Å².